The highest BCUT2D eigenvalue weighted by Crippen LogP contribution is 2.37. The normalized spacial score (nSPS) is 29.7. The molecule has 0 aromatic carbocycles. The molecule has 2 aromatic rings. The van der Waals surface area contributed by atoms with Crippen LogP contribution in [0.5, 0.6) is 5.75 Å². The fraction of sp³-hybridized carbons (Fsp3) is 0.609. The lowest BCUT2D eigenvalue weighted by Crippen LogP contribution is -2.47. The number of fused-ring (bicyclic) bond motifs is 3. The van der Waals surface area contributed by atoms with Crippen molar-refractivity contribution in [1.82, 2.24) is 25.7 Å². The molecule has 32 heavy (non-hydrogen) atoms. The Labute approximate surface area is 188 Å². The summed E-state index contributed by atoms with van der Waals surface area (Å²) in [5.74, 6) is 2.38. The maximum atomic E-state index is 8.99. The molecular formula is C23H32N8O. The molecule has 9 heteroatoms. The van der Waals surface area contributed by atoms with Crippen LogP contribution >= 0.6 is 0 Å². The van der Waals surface area contributed by atoms with Gasteiger partial charge in [-0.25, -0.2) is 10.4 Å². The summed E-state index contributed by atoms with van der Waals surface area (Å²) < 4.78 is 5.43. The molecule has 3 fully saturated rings. The quantitative estimate of drug-likeness (QED) is 0.520. The Morgan fingerprint density at radius 3 is 2.69 bits per heavy atom. The van der Waals surface area contributed by atoms with Crippen molar-refractivity contribution in [3.63, 3.8) is 0 Å². The second-order valence-electron chi connectivity index (χ2n) is 9.26. The number of hydrazine groups is 1. The zero-order valence-electron chi connectivity index (χ0n) is 18.8. The number of nitrogens with one attached hydrogen (secondary N) is 4. The standard InChI is InChI=1S/C23H32N8O/c1-14-8-22(30-29-14)27-21-12-20-19(11-18(32-2)13-25-20)23(28-21)26-15-9-16-4-5-17(10-15)31(16)7-3-6-24/h11-17,22,29-30H,3-5,7-10H2,1-2H3,(H2,26,27,28)/t14?,15?,16-,17+,22?. The van der Waals surface area contributed by atoms with E-state index >= 15 is 0 Å². The van der Waals surface area contributed by atoms with Crippen molar-refractivity contribution in [2.75, 3.05) is 24.3 Å². The van der Waals surface area contributed by atoms with Gasteiger partial charge in [0.25, 0.3) is 0 Å². The first-order valence-electron chi connectivity index (χ1n) is 11.6. The van der Waals surface area contributed by atoms with E-state index in [0.29, 0.717) is 30.6 Å². The first-order chi connectivity index (χ1) is 15.6. The highest BCUT2D eigenvalue weighted by atomic mass is 16.5. The molecule has 170 valence electrons. The van der Waals surface area contributed by atoms with Crippen LogP contribution in [0, 0.1) is 11.3 Å². The van der Waals surface area contributed by atoms with E-state index in [2.05, 4.69) is 44.4 Å². The van der Waals surface area contributed by atoms with E-state index in [1.807, 2.05) is 12.1 Å². The highest BCUT2D eigenvalue weighted by molar-refractivity contribution is 5.92. The predicted octanol–water partition coefficient (Wildman–Crippen LogP) is 2.58. The van der Waals surface area contributed by atoms with Crippen LogP contribution in [0.15, 0.2) is 18.3 Å². The van der Waals surface area contributed by atoms with Crippen molar-refractivity contribution in [2.45, 2.75) is 75.8 Å². The summed E-state index contributed by atoms with van der Waals surface area (Å²) in [6.45, 7) is 3.04. The maximum Gasteiger partial charge on any atom is 0.138 e. The molecule has 5 heterocycles. The van der Waals surface area contributed by atoms with Crippen molar-refractivity contribution >= 4 is 22.5 Å². The third kappa shape index (κ3) is 4.31. The minimum Gasteiger partial charge on any atom is -0.495 e. The van der Waals surface area contributed by atoms with Crippen LogP contribution in [0.1, 0.15) is 45.4 Å². The zero-order chi connectivity index (χ0) is 22.1. The largest absolute Gasteiger partial charge is 0.495 e. The van der Waals surface area contributed by atoms with Crippen LogP contribution in [0.2, 0.25) is 0 Å². The van der Waals surface area contributed by atoms with Gasteiger partial charge in [-0.2, -0.15) is 5.26 Å². The Balaban J connectivity index is 1.39. The summed E-state index contributed by atoms with van der Waals surface area (Å²) in [6.07, 6.45) is 8.05. The van der Waals surface area contributed by atoms with E-state index in [4.69, 9.17) is 15.0 Å². The second kappa shape index (κ2) is 9.06. The lowest BCUT2D eigenvalue weighted by atomic mass is 9.97. The number of hydrogen-bond donors (Lipinski definition) is 4. The number of aromatic nitrogens is 2. The SMILES string of the molecule is COc1cnc2cc(NC3CC(C)NN3)nc(NC3C[C@H]4CC[C@@H](C3)N4CCC#N)c2c1. The van der Waals surface area contributed by atoms with Crippen molar-refractivity contribution in [1.29, 1.82) is 5.26 Å². The fourth-order valence-corrected chi connectivity index (χ4v) is 5.52. The van der Waals surface area contributed by atoms with Crippen LogP contribution in [0.4, 0.5) is 11.6 Å². The monoisotopic (exact) mass is 436 g/mol. The average molecular weight is 437 g/mol. The van der Waals surface area contributed by atoms with Gasteiger partial charge in [-0.05, 0) is 45.1 Å². The van der Waals surface area contributed by atoms with Gasteiger partial charge < -0.3 is 15.4 Å². The van der Waals surface area contributed by atoms with Gasteiger partial charge in [-0.15, -0.1) is 0 Å². The lowest BCUT2D eigenvalue weighted by Gasteiger charge is -2.39. The summed E-state index contributed by atoms with van der Waals surface area (Å²) in [6, 6.07) is 8.18. The van der Waals surface area contributed by atoms with E-state index in [0.717, 1.165) is 54.1 Å². The molecule has 9 nitrogen and oxygen atoms in total. The molecular weight excluding hydrogens is 404 g/mol. The molecule has 0 saturated carbocycles. The summed E-state index contributed by atoms with van der Waals surface area (Å²) in [4.78, 5) is 12.1. The molecule has 3 saturated heterocycles. The third-order valence-electron chi connectivity index (χ3n) is 7.01. The highest BCUT2D eigenvalue weighted by Gasteiger charge is 2.40. The van der Waals surface area contributed by atoms with Crippen molar-refractivity contribution in [2.24, 2.45) is 0 Å². The molecule has 2 aromatic heterocycles. The molecule has 5 atom stereocenters. The van der Waals surface area contributed by atoms with Crippen LogP contribution in [-0.4, -0.2) is 58.9 Å². The van der Waals surface area contributed by atoms with Crippen LogP contribution < -0.4 is 26.2 Å². The minimum absolute atomic E-state index is 0.125. The maximum absolute atomic E-state index is 8.99. The van der Waals surface area contributed by atoms with Gasteiger partial charge in [-0.3, -0.25) is 15.3 Å². The Morgan fingerprint density at radius 2 is 2.00 bits per heavy atom. The van der Waals surface area contributed by atoms with Crippen molar-refractivity contribution in [3.8, 4) is 11.8 Å². The van der Waals surface area contributed by atoms with Gasteiger partial charge in [0, 0.05) is 48.6 Å². The van der Waals surface area contributed by atoms with Crippen LogP contribution in [0.25, 0.3) is 10.9 Å². The van der Waals surface area contributed by atoms with E-state index < -0.39 is 0 Å². The summed E-state index contributed by atoms with van der Waals surface area (Å²) in [7, 11) is 1.66. The summed E-state index contributed by atoms with van der Waals surface area (Å²) in [5, 5.41) is 17.2. The topological polar surface area (TPSA) is 110 Å². The van der Waals surface area contributed by atoms with Gasteiger partial charge in [0.15, 0.2) is 0 Å². The molecule has 0 aliphatic carbocycles. The molecule has 3 unspecified atom stereocenters. The summed E-state index contributed by atoms with van der Waals surface area (Å²) in [5.41, 5.74) is 7.41. The van der Waals surface area contributed by atoms with Gasteiger partial charge in [0.1, 0.15) is 17.4 Å². The summed E-state index contributed by atoms with van der Waals surface area (Å²) >= 11 is 0. The van der Waals surface area contributed by atoms with E-state index in [-0.39, 0.29) is 6.17 Å². The van der Waals surface area contributed by atoms with Crippen molar-refractivity contribution in [3.05, 3.63) is 18.3 Å². The smallest absolute Gasteiger partial charge is 0.138 e. The van der Waals surface area contributed by atoms with Crippen molar-refractivity contribution < 1.29 is 4.74 Å². The number of methoxy groups -OCH3 is 1. The Kier molecular flexibility index (Phi) is 6.00. The second-order valence-corrected chi connectivity index (χ2v) is 9.26. The number of pyridine rings is 2. The Hall–Kier alpha value is -2.67. The van der Waals surface area contributed by atoms with Gasteiger partial charge in [0.05, 0.1) is 31.1 Å². The zero-order valence-corrected chi connectivity index (χ0v) is 18.8. The number of piperidine rings is 1. The lowest BCUT2D eigenvalue weighted by molar-refractivity contribution is 0.136. The number of nitriles is 1. The Morgan fingerprint density at radius 1 is 1.19 bits per heavy atom. The van der Waals surface area contributed by atoms with Crippen LogP contribution in [-0.2, 0) is 0 Å². The number of nitrogens with zero attached hydrogens (tertiary/aromatic N) is 4. The predicted molar refractivity (Wildman–Crippen MR) is 124 cm³/mol. The van der Waals surface area contributed by atoms with E-state index in [9.17, 15) is 0 Å². The first-order valence-corrected chi connectivity index (χ1v) is 11.6. The van der Waals surface area contributed by atoms with Gasteiger partial charge >= 0.3 is 0 Å². The molecule has 4 N–H and O–H groups in total. The van der Waals surface area contributed by atoms with E-state index in [1.54, 1.807) is 13.3 Å². The minimum atomic E-state index is 0.125. The van der Waals surface area contributed by atoms with E-state index in [1.165, 1.54) is 12.8 Å². The molecule has 0 spiro atoms. The molecule has 3 aliphatic rings. The molecule has 3 aliphatic heterocycles. The fourth-order valence-electron chi connectivity index (χ4n) is 5.52. The molecule has 0 amide bonds. The van der Waals surface area contributed by atoms with Crippen LogP contribution in [0.3, 0.4) is 0 Å². The first kappa shape index (κ1) is 21.2. The Bertz CT molecular complexity index is 993. The van der Waals surface area contributed by atoms with Gasteiger partial charge in [0.2, 0.25) is 0 Å². The number of ether oxygens (including phenoxy) is 1. The molecule has 0 radical (unpaired) electrons. The third-order valence-corrected chi connectivity index (χ3v) is 7.01. The molecule has 2 bridgehead atoms. The average Bonchev–Trinajstić information content (AvgIpc) is 3.30. The molecule has 5 rings (SSSR count). The number of hydrogen-bond acceptors (Lipinski definition) is 9. The number of rotatable bonds is 7. The van der Waals surface area contributed by atoms with Gasteiger partial charge in [-0.1, -0.05) is 0 Å². The number of anilines is 2.